The predicted molar refractivity (Wildman–Crippen MR) is 166 cm³/mol. The maximum Gasteiger partial charge on any atom is 0.410 e. The molecular formula is C32H44Cl2N4O3. The molecule has 41 heavy (non-hydrogen) atoms. The van der Waals surface area contributed by atoms with Crippen molar-refractivity contribution >= 4 is 35.2 Å². The Morgan fingerprint density at radius 1 is 0.805 bits per heavy atom. The minimum Gasteiger partial charge on any atom is -0.444 e. The lowest BCUT2D eigenvalue weighted by Crippen LogP contribution is -2.62. The molecule has 2 aromatic rings. The van der Waals surface area contributed by atoms with E-state index < -0.39 is 5.60 Å². The first-order valence-electron chi connectivity index (χ1n) is 14.5. The molecule has 1 atom stereocenters. The maximum atomic E-state index is 13.7. The monoisotopic (exact) mass is 602 g/mol. The standard InChI is InChI=1S/C32H44Cl2N4O3/c1-31(2,3)27-21-37(29(23-7-11-25(33)12-8-23)24-9-13-26(34)14-10-24)19-20-38(27)28(39)22-35-15-17-36(18-16-35)30(40)41-32(4,5)6/h7-14,27,29H,15-22H2,1-6H3/t27-/m1/s1. The molecule has 0 radical (unpaired) electrons. The number of rotatable bonds is 5. The summed E-state index contributed by atoms with van der Waals surface area (Å²) in [6, 6.07) is 16.1. The number of nitrogens with zero attached hydrogens (tertiary/aromatic N) is 4. The lowest BCUT2D eigenvalue weighted by atomic mass is 9.83. The molecule has 9 heteroatoms. The number of halogens is 2. The van der Waals surface area contributed by atoms with Crippen molar-refractivity contribution in [1.29, 1.82) is 0 Å². The minimum absolute atomic E-state index is 0.0209. The van der Waals surface area contributed by atoms with Crippen LogP contribution in [0.3, 0.4) is 0 Å². The predicted octanol–water partition coefficient (Wildman–Crippen LogP) is 6.19. The second kappa shape index (κ2) is 12.9. The van der Waals surface area contributed by atoms with Crippen LogP contribution in [-0.2, 0) is 9.53 Å². The number of amides is 2. The van der Waals surface area contributed by atoms with Crippen molar-refractivity contribution in [2.75, 3.05) is 52.4 Å². The summed E-state index contributed by atoms with van der Waals surface area (Å²) in [5, 5.41) is 1.41. The third-order valence-electron chi connectivity index (χ3n) is 7.85. The van der Waals surface area contributed by atoms with Crippen LogP contribution in [0.1, 0.15) is 58.7 Å². The Morgan fingerprint density at radius 2 is 1.32 bits per heavy atom. The van der Waals surface area contributed by atoms with E-state index in [1.807, 2.05) is 45.0 Å². The van der Waals surface area contributed by atoms with Crippen LogP contribution >= 0.6 is 23.2 Å². The fraction of sp³-hybridized carbons (Fsp3) is 0.562. The number of carbonyl (C=O) groups is 2. The average molecular weight is 604 g/mol. The van der Waals surface area contributed by atoms with Gasteiger partial charge in [0.2, 0.25) is 5.91 Å². The van der Waals surface area contributed by atoms with Gasteiger partial charge >= 0.3 is 6.09 Å². The molecule has 7 nitrogen and oxygen atoms in total. The van der Waals surface area contributed by atoms with Crippen molar-refractivity contribution in [3.8, 4) is 0 Å². The van der Waals surface area contributed by atoms with Crippen LogP contribution in [0.2, 0.25) is 10.0 Å². The highest BCUT2D eigenvalue weighted by molar-refractivity contribution is 6.30. The van der Waals surface area contributed by atoms with Crippen molar-refractivity contribution < 1.29 is 14.3 Å². The Kier molecular flexibility index (Phi) is 9.95. The molecule has 0 N–H and O–H groups in total. The number of benzene rings is 2. The van der Waals surface area contributed by atoms with Crippen molar-refractivity contribution in [1.82, 2.24) is 19.6 Å². The van der Waals surface area contributed by atoms with Crippen LogP contribution in [-0.4, -0.2) is 95.6 Å². The van der Waals surface area contributed by atoms with Crippen molar-refractivity contribution in [2.45, 2.75) is 59.2 Å². The largest absolute Gasteiger partial charge is 0.444 e. The van der Waals surface area contributed by atoms with Gasteiger partial charge in [0, 0.05) is 61.9 Å². The van der Waals surface area contributed by atoms with Crippen LogP contribution in [0.25, 0.3) is 0 Å². The molecule has 0 spiro atoms. The van der Waals surface area contributed by atoms with Gasteiger partial charge in [0.05, 0.1) is 12.6 Å². The smallest absolute Gasteiger partial charge is 0.410 e. The van der Waals surface area contributed by atoms with Crippen molar-refractivity contribution in [3.05, 3.63) is 69.7 Å². The fourth-order valence-corrected chi connectivity index (χ4v) is 5.93. The molecule has 2 heterocycles. The Morgan fingerprint density at radius 3 is 1.78 bits per heavy atom. The van der Waals surface area contributed by atoms with Gasteiger partial charge in [-0.3, -0.25) is 14.6 Å². The molecule has 0 bridgehead atoms. The maximum absolute atomic E-state index is 13.7. The zero-order valence-corrected chi connectivity index (χ0v) is 26.7. The molecular weight excluding hydrogens is 559 g/mol. The highest BCUT2D eigenvalue weighted by Gasteiger charge is 2.40. The Bertz CT molecular complexity index is 1140. The quantitative estimate of drug-likeness (QED) is 0.408. The Balaban J connectivity index is 1.46. The molecule has 2 saturated heterocycles. The first-order valence-corrected chi connectivity index (χ1v) is 15.2. The fourth-order valence-electron chi connectivity index (χ4n) is 5.68. The Hall–Kier alpha value is -2.32. The highest BCUT2D eigenvalue weighted by atomic mass is 35.5. The summed E-state index contributed by atoms with van der Waals surface area (Å²) in [6.07, 6.45) is -0.289. The van der Waals surface area contributed by atoms with Gasteiger partial charge in [-0.15, -0.1) is 0 Å². The van der Waals surface area contributed by atoms with Gasteiger partial charge in [-0.1, -0.05) is 68.2 Å². The van der Waals surface area contributed by atoms with E-state index in [9.17, 15) is 9.59 Å². The summed E-state index contributed by atoms with van der Waals surface area (Å²) in [6.45, 7) is 17.2. The highest BCUT2D eigenvalue weighted by Crippen LogP contribution is 2.36. The SMILES string of the molecule is CC(C)(C)OC(=O)N1CCN(CC(=O)N2CCN(C(c3ccc(Cl)cc3)c3ccc(Cl)cc3)C[C@@H]2C(C)(C)C)CC1. The zero-order valence-electron chi connectivity index (χ0n) is 25.2. The second-order valence-corrected chi connectivity index (χ2v) is 14.1. The molecule has 0 aromatic heterocycles. The van der Waals surface area contributed by atoms with Gasteiger partial charge in [-0.2, -0.15) is 0 Å². The van der Waals surface area contributed by atoms with Gasteiger partial charge < -0.3 is 14.5 Å². The van der Waals surface area contributed by atoms with Gasteiger partial charge in [0.25, 0.3) is 0 Å². The summed E-state index contributed by atoms with van der Waals surface area (Å²) in [5.41, 5.74) is 1.68. The molecule has 0 aliphatic carbocycles. The molecule has 0 saturated carbocycles. The summed E-state index contributed by atoms with van der Waals surface area (Å²) < 4.78 is 5.52. The molecule has 2 aliphatic rings. The van der Waals surface area contributed by atoms with Gasteiger partial charge in [-0.25, -0.2) is 4.79 Å². The molecule has 224 valence electrons. The van der Waals surface area contributed by atoms with Crippen LogP contribution in [0, 0.1) is 5.41 Å². The van der Waals surface area contributed by atoms with Crippen LogP contribution in [0.5, 0.6) is 0 Å². The zero-order chi connectivity index (χ0) is 29.9. The molecule has 0 unspecified atom stereocenters. The van der Waals surface area contributed by atoms with E-state index in [1.54, 1.807) is 4.90 Å². The third-order valence-corrected chi connectivity index (χ3v) is 8.36. The minimum atomic E-state index is -0.519. The summed E-state index contributed by atoms with van der Waals surface area (Å²) in [5.74, 6) is 0.143. The van der Waals surface area contributed by atoms with Crippen molar-refractivity contribution in [2.24, 2.45) is 5.41 Å². The Labute approximate surface area is 255 Å². The van der Waals surface area contributed by atoms with Gasteiger partial charge in [0.15, 0.2) is 0 Å². The van der Waals surface area contributed by atoms with E-state index in [2.05, 4.69) is 59.7 Å². The van der Waals surface area contributed by atoms with Gasteiger partial charge in [0.1, 0.15) is 5.60 Å². The normalized spacial score (nSPS) is 19.5. The van der Waals surface area contributed by atoms with E-state index in [-0.39, 0.29) is 29.5 Å². The number of hydrogen-bond acceptors (Lipinski definition) is 5. The second-order valence-electron chi connectivity index (χ2n) is 13.2. The number of carbonyl (C=O) groups excluding carboxylic acids is 2. The molecule has 2 amide bonds. The average Bonchev–Trinajstić information content (AvgIpc) is 2.90. The lowest BCUT2D eigenvalue weighted by molar-refractivity contribution is -0.141. The number of piperazine rings is 2. The van der Waals surface area contributed by atoms with E-state index in [1.165, 1.54) is 0 Å². The van der Waals surface area contributed by atoms with Crippen LogP contribution in [0.4, 0.5) is 4.79 Å². The molecule has 4 rings (SSSR count). The van der Waals surface area contributed by atoms with E-state index in [4.69, 9.17) is 27.9 Å². The lowest BCUT2D eigenvalue weighted by Gasteiger charge is -2.50. The van der Waals surface area contributed by atoms with Crippen molar-refractivity contribution in [3.63, 3.8) is 0 Å². The first kappa shape index (κ1) is 31.6. The number of hydrogen-bond donors (Lipinski definition) is 0. The number of ether oxygens (including phenoxy) is 1. The van der Waals surface area contributed by atoms with Gasteiger partial charge in [-0.05, 0) is 61.6 Å². The van der Waals surface area contributed by atoms with Crippen LogP contribution in [0.15, 0.2) is 48.5 Å². The molecule has 2 aliphatic heterocycles. The topological polar surface area (TPSA) is 56.3 Å². The summed E-state index contributed by atoms with van der Waals surface area (Å²) in [4.78, 5) is 34.7. The first-order chi connectivity index (χ1) is 19.2. The molecule has 2 aromatic carbocycles. The van der Waals surface area contributed by atoms with E-state index in [0.717, 1.165) is 24.2 Å². The summed E-state index contributed by atoms with van der Waals surface area (Å²) in [7, 11) is 0. The summed E-state index contributed by atoms with van der Waals surface area (Å²) >= 11 is 12.5. The van der Waals surface area contributed by atoms with Crippen LogP contribution < -0.4 is 0 Å². The van der Waals surface area contributed by atoms with E-state index >= 15 is 0 Å². The third kappa shape index (κ3) is 8.38. The van der Waals surface area contributed by atoms with E-state index in [0.29, 0.717) is 49.3 Å². The molecule has 2 fully saturated rings.